The third kappa shape index (κ3) is 2.99. The molecule has 0 saturated heterocycles. The topological polar surface area (TPSA) is 43.1 Å². The molecule has 2 nitrogen and oxygen atoms in total. The first kappa shape index (κ1) is 12.8. The molecule has 0 radical (unpaired) electrons. The van der Waals surface area contributed by atoms with Crippen molar-refractivity contribution in [2.45, 2.75) is 24.5 Å². The van der Waals surface area contributed by atoms with Gasteiger partial charge in [-0.1, -0.05) is 18.2 Å². The molecule has 0 fully saturated rings. The Kier molecular flexibility index (Phi) is 3.82. The molecule has 0 spiro atoms. The summed E-state index contributed by atoms with van der Waals surface area (Å²) in [6, 6.07) is 13.4. The van der Waals surface area contributed by atoms with Crippen LogP contribution in [0.5, 0.6) is 0 Å². The summed E-state index contributed by atoms with van der Waals surface area (Å²) < 4.78 is 12.2. The van der Waals surface area contributed by atoms with Crippen LogP contribution >= 0.6 is 0 Å². The van der Waals surface area contributed by atoms with Crippen LogP contribution in [0.15, 0.2) is 47.4 Å². The van der Waals surface area contributed by atoms with Gasteiger partial charge in [0.2, 0.25) is 0 Å². The van der Waals surface area contributed by atoms with E-state index in [0.29, 0.717) is 11.4 Å². The van der Waals surface area contributed by atoms with Crippen LogP contribution in [-0.4, -0.2) is 4.21 Å². The lowest BCUT2D eigenvalue weighted by Gasteiger charge is -2.06. The molecule has 1 unspecified atom stereocenters. The number of hydrogen-bond donors (Lipinski definition) is 1. The highest BCUT2D eigenvalue weighted by molar-refractivity contribution is 7.84. The minimum atomic E-state index is -1.01. The van der Waals surface area contributed by atoms with Gasteiger partial charge in [0.1, 0.15) is 0 Å². The highest BCUT2D eigenvalue weighted by Crippen LogP contribution is 2.16. The summed E-state index contributed by atoms with van der Waals surface area (Å²) >= 11 is 0. The first-order chi connectivity index (χ1) is 8.56. The molecule has 0 aliphatic rings. The van der Waals surface area contributed by atoms with Crippen molar-refractivity contribution in [1.29, 1.82) is 0 Å². The SMILES string of the molecule is Cc1ccc(CS(=O)c2ccc(N)cc2)cc1C. The van der Waals surface area contributed by atoms with E-state index in [-0.39, 0.29) is 0 Å². The van der Waals surface area contributed by atoms with Crippen molar-refractivity contribution in [2.75, 3.05) is 5.73 Å². The van der Waals surface area contributed by atoms with Crippen molar-refractivity contribution in [1.82, 2.24) is 0 Å². The van der Waals surface area contributed by atoms with Gasteiger partial charge in [-0.15, -0.1) is 0 Å². The Morgan fingerprint density at radius 1 is 1.00 bits per heavy atom. The molecule has 0 aliphatic carbocycles. The van der Waals surface area contributed by atoms with Gasteiger partial charge in [0.25, 0.3) is 0 Å². The second kappa shape index (κ2) is 5.36. The minimum absolute atomic E-state index is 0.547. The third-order valence-corrected chi connectivity index (χ3v) is 4.41. The second-order valence-electron chi connectivity index (χ2n) is 4.48. The molecule has 0 saturated carbocycles. The van der Waals surface area contributed by atoms with E-state index in [0.717, 1.165) is 10.5 Å². The van der Waals surface area contributed by atoms with Crippen LogP contribution in [0.3, 0.4) is 0 Å². The fourth-order valence-corrected chi connectivity index (χ4v) is 2.84. The van der Waals surface area contributed by atoms with E-state index < -0.39 is 10.8 Å². The Labute approximate surface area is 110 Å². The standard InChI is InChI=1S/C15H17NOS/c1-11-3-4-13(9-12(11)2)10-18(17)15-7-5-14(16)6-8-15/h3-9H,10,16H2,1-2H3. The molecule has 1 atom stereocenters. The van der Waals surface area contributed by atoms with E-state index in [4.69, 9.17) is 5.73 Å². The number of nitrogens with two attached hydrogens (primary N) is 1. The maximum absolute atomic E-state index is 12.2. The van der Waals surface area contributed by atoms with Crippen molar-refractivity contribution in [3.8, 4) is 0 Å². The maximum Gasteiger partial charge on any atom is 0.0574 e. The molecule has 0 aliphatic heterocycles. The smallest absolute Gasteiger partial charge is 0.0574 e. The summed E-state index contributed by atoms with van der Waals surface area (Å²) in [5.41, 5.74) is 9.92. The lowest BCUT2D eigenvalue weighted by atomic mass is 10.1. The van der Waals surface area contributed by atoms with Crippen LogP contribution < -0.4 is 5.73 Å². The zero-order chi connectivity index (χ0) is 13.1. The molecule has 2 rings (SSSR count). The first-order valence-electron chi connectivity index (χ1n) is 5.86. The fourth-order valence-electron chi connectivity index (χ4n) is 1.75. The Balaban J connectivity index is 2.16. The van der Waals surface area contributed by atoms with Gasteiger partial charge in [-0.2, -0.15) is 0 Å². The zero-order valence-electron chi connectivity index (χ0n) is 10.6. The summed E-state index contributed by atoms with van der Waals surface area (Å²) in [6.45, 7) is 4.15. The number of aryl methyl sites for hydroxylation is 2. The Bertz CT molecular complexity index is 576. The molecule has 0 aromatic heterocycles. The van der Waals surface area contributed by atoms with Gasteiger partial charge < -0.3 is 5.73 Å². The summed E-state index contributed by atoms with van der Waals surface area (Å²) in [6.07, 6.45) is 0. The molecule has 2 aromatic carbocycles. The summed E-state index contributed by atoms with van der Waals surface area (Å²) in [4.78, 5) is 0.822. The van der Waals surface area contributed by atoms with Crippen LogP contribution in [0.4, 0.5) is 5.69 Å². The second-order valence-corrected chi connectivity index (χ2v) is 5.93. The number of rotatable bonds is 3. The summed E-state index contributed by atoms with van der Waals surface area (Å²) in [7, 11) is -1.01. The molecular weight excluding hydrogens is 242 g/mol. The number of nitrogen functional groups attached to an aromatic ring is 1. The van der Waals surface area contributed by atoms with Crippen molar-refractivity contribution in [3.63, 3.8) is 0 Å². The average Bonchev–Trinajstić information content (AvgIpc) is 2.34. The van der Waals surface area contributed by atoms with Gasteiger partial charge in [0.15, 0.2) is 0 Å². The molecule has 0 amide bonds. The number of benzene rings is 2. The van der Waals surface area contributed by atoms with E-state index in [1.807, 2.05) is 18.2 Å². The molecule has 18 heavy (non-hydrogen) atoms. The molecule has 3 heteroatoms. The van der Waals surface area contributed by atoms with E-state index in [1.54, 1.807) is 12.1 Å². The van der Waals surface area contributed by atoms with Crippen LogP contribution in [0.25, 0.3) is 0 Å². The Hall–Kier alpha value is -1.61. The normalized spacial score (nSPS) is 12.3. The lowest BCUT2D eigenvalue weighted by molar-refractivity contribution is 0.682. The summed E-state index contributed by atoms with van der Waals surface area (Å²) in [5.74, 6) is 0.547. The predicted molar refractivity (Wildman–Crippen MR) is 76.9 cm³/mol. The minimum Gasteiger partial charge on any atom is -0.399 e. The third-order valence-electron chi connectivity index (χ3n) is 3.01. The lowest BCUT2D eigenvalue weighted by Crippen LogP contribution is -1.98. The quantitative estimate of drug-likeness (QED) is 0.860. The van der Waals surface area contributed by atoms with E-state index in [9.17, 15) is 4.21 Å². The van der Waals surface area contributed by atoms with E-state index in [1.165, 1.54) is 11.1 Å². The van der Waals surface area contributed by atoms with Crippen LogP contribution in [0.1, 0.15) is 16.7 Å². The Morgan fingerprint density at radius 3 is 2.28 bits per heavy atom. The van der Waals surface area contributed by atoms with Gasteiger partial charge in [-0.05, 0) is 54.8 Å². The van der Waals surface area contributed by atoms with Crippen LogP contribution in [-0.2, 0) is 16.6 Å². The largest absolute Gasteiger partial charge is 0.399 e. The van der Waals surface area contributed by atoms with E-state index in [2.05, 4.69) is 26.0 Å². The molecule has 0 bridgehead atoms. The van der Waals surface area contributed by atoms with Gasteiger partial charge in [0, 0.05) is 10.6 Å². The van der Waals surface area contributed by atoms with Crippen molar-refractivity contribution in [2.24, 2.45) is 0 Å². The zero-order valence-corrected chi connectivity index (χ0v) is 11.5. The fraction of sp³-hybridized carbons (Fsp3) is 0.200. The van der Waals surface area contributed by atoms with Gasteiger partial charge in [-0.25, -0.2) is 0 Å². The predicted octanol–water partition coefficient (Wildman–Crippen LogP) is 3.19. The molecule has 0 heterocycles. The van der Waals surface area contributed by atoms with E-state index >= 15 is 0 Å². The first-order valence-corrected chi connectivity index (χ1v) is 7.18. The van der Waals surface area contributed by atoms with Crippen LogP contribution in [0.2, 0.25) is 0 Å². The molecular formula is C15H17NOS. The monoisotopic (exact) mass is 259 g/mol. The van der Waals surface area contributed by atoms with Crippen LogP contribution in [0, 0.1) is 13.8 Å². The molecule has 94 valence electrons. The Morgan fingerprint density at radius 2 is 1.67 bits per heavy atom. The van der Waals surface area contributed by atoms with Crippen molar-refractivity contribution in [3.05, 3.63) is 59.2 Å². The molecule has 2 N–H and O–H groups in total. The van der Waals surface area contributed by atoms with Gasteiger partial charge in [0.05, 0.1) is 16.6 Å². The number of anilines is 1. The molecule has 2 aromatic rings. The van der Waals surface area contributed by atoms with Crippen molar-refractivity contribution >= 4 is 16.5 Å². The maximum atomic E-state index is 12.2. The van der Waals surface area contributed by atoms with Gasteiger partial charge in [-0.3, -0.25) is 4.21 Å². The average molecular weight is 259 g/mol. The summed E-state index contributed by atoms with van der Waals surface area (Å²) in [5, 5.41) is 0. The van der Waals surface area contributed by atoms with Gasteiger partial charge >= 0.3 is 0 Å². The highest BCUT2D eigenvalue weighted by atomic mass is 32.2. The van der Waals surface area contributed by atoms with Crippen molar-refractivity contribution < 1.29 is 4.21 Å². The highest BCUT2D eigenvalue weighted by Gasteiger charge is 2.05. The number of hydrogen-bond acceptors (Lipinski definition) is 2.